The highest BCUT2D eigenvalue weighted by molar-refractivity contribution is 5.27. The zero-order valence-corrected chi connectivity index (χ0v) is 12.9. The molecule has 1 saturated heterocycles. The Morgan fingerprint density at radius 1 is 1.20 bits per heavy atom. The lowest BCUT2D eigenvalue weighted by Crippen LogP contribution is -2.46. The van der Waals surface area contributed by atoms with Gasteiger partial charge >= 0.3 is 0 Å². The average Bonchev–Trinajstić information content (AvgIpc) is 2.46. The maximum atomic E-state index is 10.7. The van der Waals surface area contributed by atoms with Crippen LogP contribution in [0.15, 0.2) is 24.3 Å². The Kier molecular flexibility index (Phi) is 5.06. The zero-order valence-electron chi connectivity index (χ0n) is 12.9. The molecule has 1 heterocycles. The van der Waals surface area contributed by atoms with Gasteiger partial charge in [0.05, 0.1) is 12.7 Å². The highest BCUT2D eigenvalue weighted by Gasteiger charge is 2.32. The lowest BCUT2D eigenvalue weighted by atomic mass is 9.85. The van der Waals surface area contributed by atoms with Gasteiger partial charge in [0.2, 0.25) is 0 Å². The molecule has 20 heavy (non-hydrogen) atoms. The molecular formula is C17H27NO2. The minimum atomic E-state index is -0.481. The van der Waals surface area contributed by atoms with E-state index in [1.165, 1.54) is 5.56 Å². The molecular weight excluding hydrogens is 250 g/mol. The molecule has 0 atom stereocenters. The largest absolute Gasteiger partial charge is 0.497 e. The number of aliphatic hydroxyl groups is 1. The van der Waals surface area contributed by atoms with Crippen LogP contribution in [0.25, 0.3) is 0 Å². The van der Waals surface area contributed by atoms with Gasteiger partial charge in [-0.2, -0.15) is 0 Å². The number of hydrogen-bond donors (Lipinski definition) is 1. The molecule has 0 aromatic heterocycles. The van der Waals surface area contributed by atoms with Crippen LogP contribution in [0.4, 0.5) is 0 Å². The number of ether oxygens (including phenoxy) is 1. The third-order valence-corrected chi connectivity index (χ3v) is 4.50. The number of rotatable bonds is 5. The normalized spacial score (nSPS) is 19.2. The van der Waals surface area contributed by atoms with Crippen LogP contribution in [0.3, 0.4) is 0 Å². The lowest BCUT2D eigenvalue weighted by Gasteiger charge is -2.40. The summed E-state index contributed by atoms with van der Waals surface area (Å²) in [4.78, 5) is 2.45. The molecule has 0 saturated carbocycles. The molecule has 1 aromatic rings. The summed E-state index contributed by atoms with van der Waals surface area (Å²) in [6, 6.07) is 8.74. The maximum absolute atomic E-state index is 10.7. The summed E-state index contributed by atoms with van der Waals surface area (Å²) >= 11 is 0. The van der Waals surface area contributed by atoms with Gasteiger partial charge < -0.3 is 14.7 Å². The second-order valence-electron chi connectivity index (χ2n) is 6.20. The third-order valence-electron chi connectivity index (χ3n) is 4.50. The molecule has 0 spiro atoms. The van der Waals surface area contributed by atoms with Crippen LogP contribution >= 0.6 is 0 Å². The van der Waals surface area contributed by atoms with Crippen molar-refractivity contribution in [1.82, 2.24) is 4.90 Å². The van der Waals surface area contributed by atoms with E-state index in [1.807, 2.05) is 12.1 Å². The fraction of sp³-hybridized carbons (Fsp3) is 0.647. The lowest BCUT2D eigenvalue weighted by molar-refractivity contribution is -0.0334. The molecule has 3 nitrogen and oxygen atoms in total. The van der Waals surface area contributed by atoms with Crippen molar-refractivity contribution in [3.05, 3.63) is 29.8 Å². The van der Waals surface area contributed by atoms with Gasteiger partial charge in [-0.25, -0.2) is 0 Å². The smallest absolute Gasteiger partial charge is 0.118 e. The van der Waals surface area contributed by atoms with Crippen LogP contribution in [-0.4, -0.2) is 41.8 Å². The summed E-state index contributed by atoms with van der Waals surface area (Å²) in [5.41, 5.74) is 0.788. The Bertz CT molecular complexity index is 406. The molecule has 1 N–H and O–H groups in total. The number of methoxy groups -OCH3 is 1. The van der Waals surface area contributed by atoms with Gasteiger partial charge in [-0.3, -0.25) is 0 Å². The quantitative estimate of drug-likeness (QED) is 0.898. The SMILES string of the molecule is COc1ccc(CCC2(O)CCN(C(C)C)CC2)cc1. The summed E-state index contributed by atoms with van der Waals surface area (Å²) in [7, 11) is 1.68. The van der Waals surface area contributed by atoms with Gasteiger partial charge in [0.25, 0.3) is 0 Å². The van der Waals surface area contributed by atoms with E-state index in [9.17, 15) is 5.11 Å². The van der Waals surface area contributed by atoms with E-state index in [-0.39, 0.29) is 0 Å². The predicted octanol–water partition coefficient (Wildman–Crippen LogP) is 2.86. The van der Waals surface area contributed by atoms with Crippen molar-refractivity contribution in [2.24, 2.45) is 0 Å². The Morgan fingerprint density at radius 2 is 1.80 bits per heavy atom. The average molecular weight is 277 g/mol. The number of nitrogens with zero attached hydrogens (tertiary/aromatic N) is 1. The summed E-state index contributed by atoms with van der Waals surface area (Å²) in [5, 5.41) is 10.7. The molecule has 1 aliphatic rings. The highest BCUT2D eigenvalue weighted by atomic mass is 16.5. The van der Waals surface area contributed by atoms with Crippen molar-refractivity contribution in [1.29, 1.82) is 0 Å². The molecule has 0 bridgehead atoms. The molecule has 1 aliphatic heterocycles. The van der Waals surface area contributed by atoms with Crippen LogP contribution in [0.2, 0.25) is 0 Å². The molecule has 2 rings (SSSR count). The highest BCUT2D eigenvalue weighted by Crippen LogP contribution is 2.28. The first-order chi connectivity index (χ1) is 9.52. The van der Waals surface area contributed by atoms with Crippen molar-refractivity contribution >= 4 is 0 Å². The molecule has 3 heteroatoms. The van der Waals surface area contributed by atoms with Crippen LogP contribution in [-0.2, 0) is 6.42 Å². The van der Waals surface area contributed by atoms with Gasteiger partial charge in [-0.05, 0) is 57.2 Å². The van der Waals surface area contributed by atoms with Crippen LogP contribution in [0, 0.1) is 0 Å². The second-order valence-corrected chi connectivity index (χ2v) is 6.20. The molecule has 112 valence electrons. The van der Waals surface area contributed by atoms with Gasteiger partial charge in [-0.15, -0.1) is 0 Å². The van der Waals surface area contributed by atoms with Gasteiger partial charge in [0.15, 0.2) is 0 Å². The minimum Gasteiger partial charge on any atom is -0.497 e. The fourth-order valence-corrected chi connectivity index (χ4v) is 2.88. The molecule has 0 aliphatic carbocycles. The van der Waals surface area contributed by atoms with Gasteiger partial charge in [-0.1, -0.05) is 12.1 Å². The first-order valence-electron chi connectivity index (χ1n) is 7.62. The number of benzene rings is 1. The van der Waals surface area contributed by atoms with Gasteiger partial charge in [0, 0.05) is 19.1 Å². The number of likely N-dealkylation sites (tertiary alicyclic amines) is 1. The van der Waals surface area contributed by atoms with Crippen molar-refractivity contribution in [2.75, 3.05) is 20.2 Å². The second kappa shape index (κ2) is 6.59. The van der Waals surface area contributed by atoms with E-state index < -0.39 is 5.60 Å². The van der Waals surface area contributed by atoms with E-state index in [4.69, 9.17) is 4.74 Å². The van der Waals surface area contributed by atoms with E-state index in [1.54, 1.807) is 7.11 Å². The number of hydrogen-bond acceptors (Lipinski definition) is 3. The van der Waals surface area contributed by atoms with Gasteiger partial charge in [0.1, 0.15) is 5.75 Å². The minimum absolute atomic E-state index is 0.481. The molecule has 1 fully saturated rings. The van der Waals surface area contributed by atoms with Crippen molar-refractivity contribution in [3.63, 3.8) is 0 Å². The van der Waals surface area contributed by atoms with Crippen molar-refractivity contribution < 1.29 is 9.84 Å². The Balaban J connectivity index is 1.84. The van der Waals surface area contributed by atoms with E-state index in [0.29, 0.717) is 6.04 Å². The van der Waals surface area contributed by atoms with E-state index in [2.05, 4.69) is 30.9 Å². The summed E-state index contributed by atoms with van der Waals surface area (Å²) < 4.78 is 5.16. The Morgan fingerprint density at radius 3 is 2.30 bits per heavy atom. The standard InChI is InChI=1S/C17H27NO2/c1-14(2)18-12-10-17(19,11-13-18)9-8-15-4-6-16(20-3)7-5-15/h4-7,14,19H,8-13H2,1-3H3. The number of aryl methyl sites for hydroxylation is 1. The van der Waals surface area contributed by atoms with Crippen LogP contribution in [0.5, 0.6) is 5.75 Å². The summed E-state index contributed by atoms with van der Waals surface area (Å²) in [6.07, 6.45) is 3.57. The number of piperidine rings is 1. The molecule has 1 aromatic carbocycles. The fourth-order valence-electron chi connectivity index (χ4n) is 2.88. The van der Waals surface area contributed by atoms with E-state index in [0.717, 1.165) is 44.5 Å². The van der Waals surface area contributed by atoms with Crippen LogP contribution < -0.4 is 4.74 Å². The maximum Gasteiger partial charge on any atom is 0.118 e. The zero-order chi connectivity index (χ0) is 14.6. The molecule has 0 unspecified atom stereocenters. The Labute approximate surface area is 122 Å². The van der Waals surface area contributed by atoms with Crippen LogP contribution in [0.1, 0.15) is 38.7 Å². The van der Waals surface area contributed by atoms with Crippen molar-refractivity contribution in [3.8, 4) is 5.75 Å². The van der Waals surface area contributed by atoms with E-state index >= 15 is 0 Å². The third kappa shape index (κ3) is 3.97. The first-order valence-corrected chi connectivity index (χ1v) is 7.62. The molecule has 0 amide bonds. The summed E-state index contributed by atoms with van der Waals surface area (Å²) in [5.74, 6) is 0.887. The summed E-state index contributed by atoms with van der Waals surface area (Å²) in [6.45, 7) is 6.47. The Hall–Kier alpha value is -1.06. The van der Waals surface area contributed by atoms with Crippen molar-refractivity contribution in [2.45, 2.75) is 51.2 Å². The first kappa shape index (κ1) is 15.3. The topological polar surface area (TPSA) is 32.7 Å². The predicted molar refractivity (Wildman–Crippen MR) is 82.2 cm³/mol. The molecule has 0 radical (unpaired) electrons. The monoisotopic (exact) mass is 277 g/mol.